The number of aryl methyl sites for hydroxylation is 1. The van der Waals surface area contributed by atoms with E-state index < -0.39 is 0 Å². The zero-order valence-electron chi connectivity index (χ0n) is 10.9. The van der Waals surface area contributed by atoms with Gasteiger partial charge in [-0.25, -0.2) is 0 Å². The molecule has 1 amide bonds. The average Bonchev–Trinajstić information content (AvgIpc) is 2.87. The molecule has 2 rings (SSSR count). The fourth-order valence-electron chi connectivity index (χ4n) is 1.66. The van der Waals surface area contributed by atoms with Crippen molar-refractivity contribution in [1.29, 1.82) is 0 Å². The van der Waals surface area contributed by atoms with Crippen LogP contribution in [0.3, 0.4) is 0 Å². The molecule has 19 heavy (non-hydrogen) atoms. The predicted molar refractivity (Wildman–Crippen MR) is 75.3 cm³/mol. The van der Waals surface area contributed by atoms with Crippen LogP contribution in [0.4, 0.5) is 0 Å². The van der Waals surface area contributed by atoms with Crippen molar-refractivity contribution in [3.05, 3.63) is 59.0 Å². The molecule has 0 radical (unpaired) electrons. The van der Waals surface area contributed by atoms with Crippen LogP contribution in [0.5, 0.6) is 0 Å². The molecule has 0 spiro atoms. The maximum absolute atomic E-state index is 11.9. The molecule has 0 aliphatic heterocycles. The second kappa shape index (κ2) is 5.93. The van der Waals surface area contributed by atoms with Crippen LogP contribution >= 0.6 is 11.6 Å². The number of halogens is 1. The van der Waals surface area contributed by atoms with Crippen molar-refractivity contribution < 1.29 is 9.21 Å². The van der Waals surface area contributed by atoms with Crippen molar-refractivity contribution >= 4 is 17.5 Å². The molecule has 0 fully saturated rings. The molecule has 0 aliphatic carbocycles. The lowest BCUT2D eigenvalue weighted by molar-refractivity contribution is 0.0921. The number of alkyl halides is 1. The largest absolute Gasteiger partial charge is 0.454 e. The smallest absolute Gasteiger partial charge is 0.287 e. The third-order valence-electron chi connectivity index (χ3n) is 2.82. The maximum atomic E-state index is 11.9. The molecular weight excluding hydrogens is 262 g/mol. The van der Waals surface area contributed by atoms with E-state index in [1.807, 2.05) is 31.2 Å². The van der Waals surface area contributed by atoms with E-state index in [4.69, 9.17) is 16.0 Å². The minimum Gasteiger partial charge on any atom is -0.454 e. The number of rotatable bonds is 4. The van der Waals surface area contributed by atoms with Crippen molar-refractivity contribution in [2.45, 2.75) is 25.8 Å². The lowest BCUT2D eigenvalue weighted by atomic mass is 10.1. The summed E-state index contributed by atoms with van der Waals surface area (Å²) in [4.78, 5) is 11.9. The molecule has 100 valence electrons. The van der Waals surface area contributed by atoms with E-state index >= 15 is 0 Å². The van der Waals surface area contributed by atoms with Crippen LogP contribution in [0.2, 0.25) is 0 Å². The Balaban J connectivity index is 1.95. The summed E-state index contributed by atoms with van der Waals surface area (Å²) in [7, 11) is 0. The predicted octanol–water partition coefficient (Wildman–Crippen LogP) is 3.82. The van der Waals surface area contributed by atoms with Crippen LogP contribution < -0.4 is 5.32 Å². The quantitative estimate of drug-likeness (QED) is 0.863. The molecule has 2 aromatic rings. The number of nitrogens with one attached hydrogen (secondary N) is 1. The normalized spacial score (nSPS) is 12.2. The summed E-state index contributed by atoms with van der Waals surface area (Å²) in [6.45, 7) is 4.31. The molecule has 0 saturated carbocycles. The topological polar surface area (TPSA) is 42.2 Å². The zero-order valence-corrected chi connectivity index (χ0v) is 11.7. The number of hydrogen-bond acceptors (Lipinski definition) is 2. The van der Waals surface area contributed by atoms with Crippen molar-refractivity contribution in [1.82, 2.24) is 5.32 Å². The monoisotopic (exact) mass is 277 g/mol. The molecule has 1 atom stereocenters. The number of hydrogen-bond donors (Lipinski definition) is 1. The highest BCUT2D eigenvalue weighted by Gasteiger charge is 2.13. The summed E-state index contributed by atoms with van der Waals surface area (Å²) in [5, 5.41) is 2.57. The Hall–Kier alpha value is -1.74. The van der Waals surface area contributed by atoms with E-state index in [0.29, 0.717) is 12.3 Å². The number of benzene rings is 1. The van der Waals surface area contributed by atoms with E-state index in [-0.39, 0.29) is 17.0 Å². The number of furan rings is 1. The van der Waals surface area contributed by atoms with Gasteiger partial charge in [-0.15, -0.1) is 11.6 Å². The molecular formula is C15H16ClNO2. The van der Waals surface area contributed by atoms with Gasteiger partial charge in [-0.05, 0) is 31.5 Å². The summed E-state index contributed by atoms with van der Waals surface area (Å²) in [6.07, 6.45) is 0. The molecule has 3 nitrogen and oxygen atoms in total. The van der Waals surface area contributed by atoms with Crippen LogP contribution in [0, 0.1) is 6.92 Å². The van der Waals surface area contributed by atoms with Gasteiger partial charge >= 0.3 is 0 Å². The number of carbonyl (C=O) groups is 1. The third-order valence-corrected chi connectivity index (χ3v) is 3.03. The lowest BCUT2D eigenvalue weighted by Gasteiger charge is -2.04. The Labute approximate surface area is 117 Å². The van der Waals surface area contributed by atoms with E-state index in [0.717, 1.165) is 5.56 Å². The molecule has 0 aliphatic rings. The van der Waals surface area contributed by atoms with Crippen LogP contribution in [0.1, 0.15) is 39.7 Å². The summed E-state index contributed by atoms with van der Waals surface area (Å²) in [5.74, 6) is 0.654. The highest BCUT2D eigenvalue weighted by atomic mass is 35.5. The van der Waals surface area contributed by atoms with Gasteiger partial charge in [0.05, 0.1) is 5.38 Å². The first-order valence-corrected chi connectivity index (χ1v) is 6.57. The lowest BCUT2D eigenvalue weighted by Crippen LogP contribution is -2.22. The van der Waals surface area contributed by atoms with Gasteiger partial charge in [-0.2, -0.15) is 0 Å². The average molecular weight is 278 g/mol. The third kappa shape index (κ3) is 3.61. The van der Waals surface area contributed by atoms with E-state index in [2.05, 4.69) is 5.32 Å². The highest BCUT2D eigenvalue weighted by molar-refractivity contribution is 6.20. The van der Waals surface area contributed by atoms with Gasteiger partial charge in [0.15, 0.2) is 5.76 Å². The Morgan fingerprint density at radius 3 is 2.53 bits per heavy atom. The zero-order chi connectivity index (χ0) is 13.8. The molecule has 0 bridgehead atoms. The van der Waals surface area contributed by atoms with E-state index in [9.17, 15) is 4.79 Å². The van der Waals surface area contributed by atoms with Crippen LogP contribution in [0.25, 0.3) is 0 Å². The van der Waals surface area contributed by atoms with Crippen molar-refractivity contribution in [2.75, 3.05) is 0 Å². The highest BCUT2D eigenvalue weighted by Crippen LogP contribution is 2.21. The minimum atomic E-state index is -0.237. The summed E-state index contributed by atoms with van der Waals surface area (Å²) in [6, 6.07) is 11.4. The summed E-state index contributed by atoms with van der Waals surface area (Å²) in [5.41, 5.74) is 2.25. The standard InChI is InChI=1S/C15H16ClNO2/c1-10-3-5-12(6-4-10)9-17-15(18)14-8-7-13(19-14)11(2)16/h3-8,11H,9H2,1-2H3,(H,17,18). The summed E-state index contributed by atoms with van der Waals surface area (Å²) >= 11 is 5.88. The first-order valence-electron chi connectivity index (χ1n) is 6.14. The second-order valence-corrected chi connectivity index (χ2v) is 5.14. The minimum absolute atomic E-state index is 0.232. The Bertz CT molecular complexity index is 558. The van der Waals surface area contributed by atoms with E-state index in [1.54, 1.807) is 19.1 Å². The maximum Gasteiger partial charge on any atom is 0.287 e. The Morgan fingerprint density at radius 1 is 1.26 bits per heavy atom. The Morgan fingerprint density at radius 2 is 1.95 bits per heavy atom. The first-order chi connectivity index (χ1) is 9.06. The van der Waals surface area contributed by atoms with E-state index in [1.165, 1.54) is 5.56 Å². The molecule has 1 N–H and O–H groups in total. The van der Waals surface area contributed by atoms with Gasteiger partial charge in [0.25, 0.3) is 5.91 Å². The Kier molecular flexibility index (Phi) is 4.27. The molecule has 1 heterocycles. The second-order valence-electron chi connectivity index (χ2n) is 4.49. The molecule has 1 aromatic heterocycles. The molecule has 4 heteroatoms. The van der Waals surface area contributed by atoms with Crippen molar-refractivity contribution in [3.63, 3.8) is 0 Å². The first kappa shape index (κ1) is 13.7. The molecule has 0 saturated heterocycles. The molecule has 1 aromatic carbocycles. The number of amides is 1. The number of carbonyl (C=O) groups excluding carboxylic acids is 1. The summed E-state index contributed by atoms with van der Waals surface area (Å²) < 4.78 is 5.37. The fourth-order valence-corrected chi connectivity index (χ4v) is 1.78. The van der Waals surface area contributed by atoms with Gasteiger partial charge in [0.1, 0.15) is 5.76 Å². The van der Waals surface area contributed by atoms with Crippen molar-refractivity contribution in [2.24, 2.45) is 0 Å². The molecule has 1 unspecified atom stereocenters. The van der Waals surface area contributed by atoms with Gasteiger partial charge in [0, 0.05) is 6.54 Å². The van der Waals surface area contributed by atoms with Gasteiger partial charge in [-0.1, -0.05) is 29.8 Å². The van der Waals surface area contributed by atoms with Crippen LogP contribution in [-0.2, 0) is 6.54 Å². The van der Waals surface area contributed by atoms with Crippen LogP contribution in [0.15, 0.2) is 40.8 Å². The van der Waals surface area contributed by atoms with Crippen LogP contribution in [-0.4, -0.2) is 5.91 Å². The van der Waals surface area contributed by atoms with Crippen molar-refractivity contribution in [3.8, 4) is 0 Å². The van der Waals surface area contributed by atoms with Gasteiger partial charge in [0.2, 0.25) is 0 Å². The van der Waals surface area contributed by atoms with Gasteiger partial charge in [-0.3, -0.25) is 4.79 Å². The SMILES string of the molecule is Cc1ccc(CNC(=O)c2ccc(C(C)Cl)o2)cc1. The van der Waals surface area contributed by atoms with Gasteiger partial charge < -0.3 is 9.73 Å². The fraction of sp³-hybridized carbons (Fsp3) is 0.267.